The van der Waals surface area contributed by atoms with E-state index in [-0.39, 0.29) is 5.84 Å². The SMILES string of the molecule is CO/C(=C(\C(=N)N)c1ccc(OC)cc1)c1ccccn1. The molecule has 0 fully saturated rings. The Morgan fingerprint density at radius 2 is 1.81 bits per heavy atom. The highest BCUT2D eigenvalue weighted by atomic mass is 16.5. The smallest absolute Gasteiger partial charge is 0.155 e. The van der Waals surface area contributed by atoms with Crippen molar-refractivity contribution in [2.24, 2.45) is 5.73 Å². The number of benzene rings is 1. The van der Waals surface area contributed by atoms with E-state index in [1.54, 1.807) is 13.3 Å². The molecule has 21 heavy (non-hydrogen) atoms. The molecule has 0 amide bonds. The monoisotopic (exact) mass is 283 g/mol. The minimum Gasteiger partial charge on any atom is -0.497 e. The largest absolute Gasteiger partial charge is 0.497 e. The summed E-state index contributed by atoms with van der Waals surface area (Å²) in [5.41, 5.74) is 7.63. The van der Waals surface area contributed by atoms with Gasteiger partial charge in [0, 0.05) is 6.20 Å². The Bertz CT molecular complexity index is 649. The molecule has 5 nitrogen and oxygen atoms in total. The van der Waals surface area contributed by atoms with E-state index in [9.17, 15) is 0 Å². The topological polar surface area (TPSA) is 81.2 Å². The molecule has 0 radical (unpaired) electrons. The van der Waals surface area contributed by atoms with Crippen molar-refractivity contribution in [1.29, 1.82) is 5.41 Å². The van der Waals surface area contributed by atoms with Crippen molar-refractivity contribution in [3.05, 3.63) is 59.9 Å². The summed E-state index contributed by atoms with van der Waals surface area (Å²) < 4.78 is 10.6. The maximum atomic E-state index is 7.85. The Hall–Kier alpha value is -2.82. The van der Waals surface area contributed by atoms with Crippen LogP contribution in [0.1, 0.15) is 11.3 Å². The number of hydrogen-bond acceptors (Lipinski definition) is 4. The highest BCUT2D eigenvalue weighted by Gasteiger charge is 2.16. The Morgan fingerprint density at radius 3 is 2.29 bits per heavy atom. The van der Waals surface area contributed by atoms with Crippen molar-refractivity contribution in [2.75, 3.05) is 14.2 Å². The zero-order valence-electron chi connectivity index (χ0n) is 12.0. The van der Waals surface area contributed by atoms with E-state index in [1.807, 2.05) is 42.5 Å². The molecule has 1 aromatic heterocycles. The van der Waals surface area contributed by atoms with Crippen LogP contribution < -0.4 is 10.5 Å². The van der Waals surface area contributed by atoms with E-state index in [4.69, 9.17) is 20.6 Å². The summed E-state index contributed by atoms with van der Waals surface area (Å²) in [5, 5.41) is 7.85. The Balaban J connectivity index is 2.59. The molecular formula is C16H17N3O2. The lowest BCUT2D eigenvalue weighted by Crippen LogP contribution is -2.15. The number of nitrogens with zero attached hydrogens (tertiary/aromatic N) is 1. The van der Waals surface area contributed by atoms with E-state index in [2.05, 4.69) is 4.98 Å². The number of hydrogen-bond donors (Lipinski definition) is 2. The summed E-state index contributed by atoms with van der Waals surface area (Å²) in [5.74, 6) is 1.12. The Labute approximate surface area is 123 Å². The molecule has 2 aromatic rings. The summed E-state index contributed by atoms with van der Waals surface area (Å²) in [7, 11) is 3.14. The molecule has 0 atom stereocenters. The number of ether oxygens (including phenoxy) is 2. The molecule has 5 heteroatoms. The third kappa shape index (κ3) is 3.20. The number of rotatable bonds is 5. The van der Waals surface area contributed by atoms with Crippen LogP contribution in [0.25, 0.3) is 11.3 Å². The van der Waals surface area contributed by atoms with Gasteiger partial charge in [-0.3, -0.25) is 10.4 Å². The quantitative estimate of drug-likeness (QED) is 0.502. The lowest BCUT2D eigenvalue weighted by Gasteiger charge is -2.13. The first kappa shape index (κ1) is 14.6. The molecule has 3 N–H and O–H groups in total. The van der Waals surface area contributed by atoms with Crippen LogP contribution in [0, 0.1) is 5.41 Å². The van der Waals surface area contributed by atoms with Gasteiger partial charge < -0.3 is 15.2 Å². The van der Waals surface area contributed by atoms with Crippen molar-refractivity contribution >= 4 is 17.2 Å². The lowest BCUT2D eigenvalue weighted by atomic mass is 10.0. The minimum atomic E-state index is -0.0809. The van der Waals surface area contributed by atoms with Crippen molar-refractivity contribution < 1.29 is 9.47 Å². The van der Waals surface area contributed by atoms with Crippen molar-refractivity contribution in [2.45, 2.75) is 0 Å². The zero-order chi connectivity index (χ0) is 15.2. The molecule has 108 valence electrons. The third-order valence-corrected chi connectivity index (χ3v) is 2.98. The van der Waals surface area contributed by atoms with Crippen molar-refractivity contribution in [3.63, 3.8) is 0 Å². The summed E-state index contributed by atoms with van der Waals surface area (Å²) >= 11 is 0. The third-order valence-electron chi connectivity index (χ3n) is 2.98. The fourth-order valence-corrected chi connectivity index (χ4v) is 2.00. The Morgan fingerprint density at radius 1 is 1.10 bits per heavy atom. The van der Waals surface area contributed by atoms with Crippen molar-refractivity contribution in [1.82, 2.24) is 4.98 Å². The van der Waals surface area contributed by atoms with Gasteiger partial charge in [0.1, 0.15) is 17.3 Å². The van der Waals surface area contributed by atoms with Gasteiger partial charge in [0.15, 0.2) is 5.76 Å². The van der Waals surface area contributed by atoms with Gasteiger partial charge >= 0.3 is 0 Å². The molecule has 0 spiro atoms. The fraction of sp³-hybridized carbons (Fsp3) is 0.125. The normalized spacial score (nSPS) is 11.5. The maximum absolute atomic E-state index is 7.85. The van der Waals surface area contributed by atoms with E-state index in [0.717, 1.165) is 11.3 Å². The van der Waals surface area contributed by atoms with Gasteiger partial charge in [0.2, 0.25) is 0 Å². The van der Waals surface area contributed by atoms with Crippen LogP contribution in [0.2, 0.25) is 0 Å². The van der Waals surface area contributed by atoms with Crippen LogP contribution in [0.15, 0.2) is 48.7 Å². The first-order valence-electron chi connectivity index (χ1n) is 6.36. The van der Waals surface area contributed by atoms with E-state index in [1.165, 1.54) is 7.11 Å². The van der Waals surface area contributed by atoms with Gasteiger partial charge in [-0.05, 0) is 29.8 Å². The first-order chi connectivity index (χ1) is 10.2. The average Bonchev–Trinajstić information content (AvgIpc) is 2.53. The standard InChI is InChI=1S/C16H17N3O2/c1-20-12-8-6-11(7-9-12)14(16(17)18)15(21-2)13-5-3-4-10-19-13/h3-10H,1-2H3,(H3,17,18)/b15-14-. The van der Waals surface area contributed by atoms with Crippen molar-refractivity contribution in [3.8, 4) is 5.75 Å². The highest BCUT2D eigenvalue weighted by molar-refractivity contribution is 6.26. The predicted octanol–water partition coefficient (Wildman–Crippen LogP) is 2.54. The van der Waals surface area contributed by atoms with E-state index >= 15 is 0 Å². The zero-order valence-corrected chi connectivity index (χ0v) is 12.0. The lowest BCUT2D eigenvalue weighted by molar-refractivity contribution is 0.370. The van der Waals surface area contributed by atoms with Crippen LogP contribution >= 0.6 is 0 Å². The van der Waals surface area contributed by atoms with Gasteiger partial charge in [-0.2, -0.15) is 0 Å². The highest BCUT2D eigenvalue weighted by Crippen LogP contribution is 2.27. The number of amidine groups is 1. The van der Waals surface area contributed by atoms with E-state index < -0.39 is 0 Å². The van der Waals surface area contributed by atoms with Crippen LogP contribution in [0.5, 0.6) is 5.75 Å². The number of aromatic nitrogens is 1. The molecule has 1 aromatic carbocycles. The second-order valence-electron chi connectivity index (χ2n) is 4.27. The molecule has 0 saturated carbocycles. The molecule has 2 rings (SSSR count). The fourth-order valence-electron chi connectivity index (χ4n) is 2.00. The second-order valence-corrected chi connectivity index (χ2v) is 4.27. The molecule has 0 saturated heterocycles. The minimum absolute atomic E-state index is 0.0809. The second kappa shape index (κ2) is 6.56. The number of pyridine rings is 1. The molecule has 0 unspecified atom stereocenters. The van der Waals surface area contributed by atoms with Gasteiger partial charge in [-0.15, -0.1) is 0 Å². The molecule has 0 aliphatic rings. The summed E-state index contributed by atoms with van der Waals surface area (Å²) in [4.78, 5) is 4.25. The Kier molecular flexibility index (Phi) is 4.56. The number of nitrogens with two attached hydrogens (primary N) is 1. The molecule has 0 bridgehead atoms. The van der Waals surface area contributed by atoms with Gasteiger partial charge in [-0.25, -0.2) is 0 Å². The first-order valence-corrected chi connectivity index (χ1v) is 6.36. The molecule has 1 heterocycles. The number of methoxy groups -OCH3 is 2. The molecule has 0 aliphatic heterocycles. The summed E-state index contributed by atoms with van der Waals surface area (Å²) in [6.45, 7) is 0. The maximum Gasteiger partial charge on any atom is 0.155 e. The average molecular weight is 283 g/mol. The van der Waals surface area contributed by atoms with E-state index in [0.29, 0.717) is 17.0 Å². The van der Waals surface area contributed by atoms with Gasteiger partial charge in [-0.1, -0.05) is 18.2 Å². The summed E-state index contributed by atoms with van der Waals surface area (Å²) in [6, 6.07) is 12.8. The van der Waals surface area contributed by atoms with Crippen LogP contribution in [-0.4, -0.2) is 25.0 Å². The molecule has 0 aliphatic carbocycles. The number of nitrogens with one attached hydrogen (secondary N) is 1. The van der Waals surface area contributed by atoms with Crippen LogP contribution in [-0.2, 0) is 4.74 Å². The van der Waals surface area contributed by atoms with Crippen LogP contribution in [0.4, 0.5) is 0 Å². The molecular weight excluding hydrogens is 266 g/mol. The van der Waals surface area contributed by atoms with Gasteiger partial charge in [0.25, 0.3) is 0 Å². The summed E-state index contributed by atoms with van der Waals surface area (Å²) in [6.07, 6.45) is 1.67. The van der Waals surface area contributed by atoms with Gasteiger partial charge in [0.05, 0.1) is 19.8 Å². The van der Waals surface area contributed by atoms with Crippen LogP contribution in [0.3, 0.4) is 0 Å². The predicted molar refractivity (Wildman–Crippen MR) is 83.0 cm³/mol.